The summed E-state index contributed by atoms with van der Waals surface area (Å²) in [5.74, 6) is -6.98. The van der Waals surface area contributed by atoms with Crippen molar-refractivity contribution in [3.05, 3.63) is 26.7 Å². The molecule has 1 N–H and O–H groups in total. The zero-order valence-electron chi connectivity index (χ0n) is 12.2. The Morgan fingerprint density at radius 3 is 2.30 bits per heavy atom. The van der Waals surface area contributed by atoms with Crippen molar-refractivity contribution in [2.75, 3.05) is 0 Å². The van der Waals surface area contributed by atoms with E-state index in [0.717, 1.165) is 11.6 Å². The van der Waals surface area contributed by atoms with Crippen molar-refractivity contribution in [3.63, 3.8) is 0 Å². The van der Waals surface area contributed by atoms with Crippen LogP contribution >= 0.6 is 0 Å². The number of rotatable bonds is 4. The number of aromatic amines is 1. The molecular formula is C12H13F5N4O2. The van der Waals surface area contributed by atoms with Gasteiger partial charge >= 0.3 is 17.8 Å². The molecular weight excluding hydrogens is 327 g/mol. The topological polar surface area (TPSA) is 72.7 Å². The van der Waals surface area contributed by atoms with E-state index >= 15 is 0 Å². The number of aryl methyl sites for hydroxylation is 1. The van der Waals surface area contributed by atoms with Crippen LogP contribution in [0.25, 0.3) is 11.2 Å². The first kappa shape index (κ1) is 17.2. The highest BCUT2D eigenvalue weighted by Crippen LogP contribution is 2.42. The molecule has 0 unspecified atom stereocenters. The van der Waals surface area contributed by atoms with Gasteiger partial charge in [0.1, 0.15) is 5.52 Å². The lowest BCUT2D eigenvalue weighted by atomic mass is 10.3. The van der Waals surface area contributed by atoms with E-state index in [9.17, 15) is 31.5 Å². The molecule has 23 heavy (non-hydrogen) atoms. The van der Waals surface area contributed by atoms with Crippen molar-refractivity contribution in [3.8, 4) is 0 Å². The fourth-order valence-electron chi connectivity index (χ4n) is 2.04. The van der Waals surface area contributed by atoms with E-state index in [2.05, 4.69) is 4.98 Å². The third-order valence-electron chi connectivity index (χ3n) is 3.37. The number of nitrogens with zero attached hydrogens (tertiary/aromatic N) is 3. The Hall–Kier alpha value is -2.20. The lowest BCUT2D eigenvalue weighted by molar-refractivity contribution is -0.292. The lowest BCUT2D eigenvalue weighted by Gasteiger charge is -2.16. The fraction of sp³-hybridized carbons (Fsp3) is 0.583. The van der Waals surface area contributed by atoms with Crippen LogP contribution < -0.4 is 11.2 Å². The number of H-pyrrole nitrogens is 1. The Morgan fingerprint density at radius 2 is 1.78 bits per heavy atom. The summed E-state index contributed by atoms with van der Waals surface area (Å²) >= 11 is 0. The number of alkyl halides is 5. The molecule has 0 aliphatic rings. The predicted molar refractivity (Wildman–Crippen MR) is 70.5 cm³/mol. The fourth-order valence-corrected chi connectivity index (χ4v) is 2.04. The van der Waals surface area contributed by atoms with E-state index in [4.69, 9.17) is 0 Å². The van der Waals surface area contributed by atoms with Crippen LogP contribution in [0, 0.1) is 0 Å². The van der Waals surface area contributed by atoms with Gasteiger partial charge in [0.05, 0.1) is 0 Å². The van der Waals surface area contributed by atoms with Gasteiger partial charge in [0, 0.05) is 13.6 Å². The largest absolute Gasteiger partial charge is 0.461 e. The van der Waals surface area contributed by atoms with Crippen LogP contribution in [0.4, 0.5) is 22.0 Å². The van der Waals surface area contributed by atoms with E-state index in [1.807, 2.05) is 0 Å². The zero-order valence-corrected chi connectivity index (χ0v) is 12.2. The molecule has 128 valence electrons. The van der Waals surface area contributed by atoms with Gasteiger partial charge in [-0.05, 0) is 6.42 Å². The Balaban J connectivity index is 2.79. The molecule has 0 spiro atoms. The van der Waals surface area contributed by atoms with E-state index in [1.54, 1.807) is 11.9 Å². The monoisotopic (exact) mass is 340 g/mol. The van der Waals surface area contributed by atoms with Gasteiger partial charge in [-0.15, -0.1) is 0 Å². The second-order valence-electron chi connectivity index (χ2n) is 5.01. The van der Waals surface area contributed by atoms with Crippen LogP contribution in [0.1, 0.15) is 25.6 Å². The van der Waals surface area contributed by atoms with Gasteiger partial charge in [-0.25, -0.2) is 9.78 Å². The number of imidazole rings is 1. The van der Waals surface area contributed by atoms with Crippen molar-refractivity contribution in [2.45, 2.75) is 38.4 Å². The lowest BCUT2D eigenvalue weighted by Crippen LogP contribution is -2.38. The van der Waals surface area contributed by atoms with Gasteiger partial charge in [0.2, 0.25) is 0 Å². The second kappa shape index (κ2) is 5.46. The Kier molecular flexibility index (Phi) is 4.07. The van der Waals surface area contributed by atoms with Crippen molar-refractivity contribution < 1.29 is 22.0 Å². The molecule has 0 aliphatic heterocycles. The minimum Gasteiger partial charge on any atom is -0.331 e. The summed E-state index contributed by atoms with van der Waals surface area (Å²) < 4.78 is 65.7. The Labute approximate surface area is 125 Å². The number of nitrogens with one attached hydrogen (secondary N) is 1. The van der Waals surface area contributed by atoms with Gasteiger partial charge in [-0.1, -0.05) is 13.3 Å². The van der Waals surface area contributed by atoms with Crippen LogP contribution in [0.5, 0.6) is 0 Å². The second-order valence-corrected chi connectivity index (χ2v) is 5.01. The number of aromatic nitrogens is 4. The zero-order chi connectivity index (χ0) is 17.6. The van der Waals surface area contributed by atoms with E-state index in [-0.39, 0.29) is 6.54 Å². The highest BCUT2D eigenvalue weighted by molar-refractivity contribution is 5.70. The predicted octanol–water partition coefficient (Wildman–Crippen LogP) is 1.88. The number of halogens is 5. The molecule has 0 radical (unpaired) electrons. The third kappa shape index (κ3) is 2.63. The average molecular weight is 340 g/mol. The van der Waals surface area contributed by atoms with E-state index in [1.165, 1.54) is 0 Å². The molecule has 0 atom stereocenters. The van der Waals surface area contributed by atoms with Gasteiger partial charge < -0.3 is 4.98 Å². The molecule has 0 fully saturated rings. The quantitative estimate of drug-likeness (QED) is 0.864. The summed E-state index contributed by atoms with van der Waals surface area (Å²) in [6, 6.07) is 0. The normalized spacial score (nSPS) is 13.0. The average Bonchev–Trinajstić information content (AvgIpc) is 2.89. The van der Waals surface area contributed by atoms with Gasteiger partial charge in [-0.2, -0.15) is 22.0 Å². The van der Waals surface area contributed by atoms with Crippen LogP contribution in [0.2, 0.25) is 0 Å². The van der Waals surface area contributed by atoms with Crippen molar-refractivity contribution in [1.29, 1.82) is 0 Å². The number of hydrogen-bond acceptors (Lipinski definition) is 3. The van der Waals surface area contributed by atoms with Crippen molar-refractivity contribution in [1.82, 2.24) is 19.1 Å². The SMILES string of the molecule is CCCCn1c(=O)n(C)c(=O)c2[nH]c(C(F)(F)C(F)(F)F)nc21. The third-order valence-corrected chi connectivity index (χ3v) is 3.37. The molecule has 0 saturated carbocycles. The van der Waals surface area contributed by atoms with Crippen molar-refractivity contribution in [2.24, 2.45) is 7.05 Å². The van der Waals surface area contributed by atoms with E-state index < -0.39 is 40.3 Å². The highest BCUT2D eigenvalue weighted by atomic mass is 19.4. The van der Waals surface area contributed by atoms with Crippen molar-refractivity contribution >= 4 is 11.2 Å². The van der Waals surface area contributed by atoms with Gasteiger partial charge in [-0.3, -0.25) is 13.9 Å². The molecule has 0 aromatic carbocycles. The highest BCUT2D eigenvalue weighted by Gasteiger charge is 2.61. The van der Waals surface area contributed by atoms with Gasteiger partial charge in [0.15, 0.2) is 11.5 Å². The summed E-state index contributed by atoms with van der Waals surface area (Å²) in [5, 5.41) is 0. The van der Waals surface area contributed by atoms with Crippen LogP contribution in [0.3, 0.4) is 0 Å². The maximum Gasteiger partial charge on any atom is 0.461 e. The first-order valence-electron chi connectivity index (χ1n) is 6.67. The van der Waals surface area contributed by atoms with Crippen LogP contribution in [-0.2, 0) is 19.5 Å². The number of unbranched alkanes of at least 4 members (excludes halogenated alkanes) is 1. The molecule has 2 aromatic heterocycles. The molecule has 2 rings (SSSR count). The molecule has 11 heteroatoms. The Morgan fingerprint density at radius 1 is 1.17 bits per heavy atom. The molecule has 0 amide bonds. The summed E-state index contributed by atoms with van der Waals surface area (Å²) in [5.41, 5.74) is -2.92. The first-order valence-corrected chi connectivity index (χ1v) is 6.67. The number of hydrogen-bond donors (Lipinski definition) is 1. The smallest absolute Gasteiger partial charge is 0.331 e. The summed E-state index contributed by atoms with van der Waals surface area (Å²) in [6.07, 6.45) is -4.77. The number of fused-ring (bicyclic) bond motifs is 1. The molecule has 0 aliphatic carbocycles. The molecule has 2 aromatic rings. The molecule has 0 bridgehead atoms. The van der Waals surface area contributed by atoms with Crippen LogP contribution in [0.15, 0.2) is 9.59 Å². The van der Waals surface area contributed by atoms with E-state index in [0.29, 0.717) is 17.4 Å². The van der Waals surface area contributed by atoms with Gasteiger partial charge in [0.25, 0.3) is 5.56 Å². The maximum absolute atomic E-state index is 13.4. The molecule has 6 nitrogen and oxygen atoms in total. The van der Waals surface area contributed by atoms with Crippen LogP contribution in [-0.4, -0.2) is 25.3 Å². The minimum absolute atomic E-state index is 0.0435. The standard InChI is InChI=1S/C12H13F5N4O2/c1-3-4-5-21-7-6(8(22)20(2)10(21)23)18-9(19-7)11(13,14)12(15,16)17/h3-5H2,1-2H3,(H,18,19). The summed E-state index contributed by atoms with van der Waals surface area (Å²) in [4.78, 5) is 28.9. The Bertz CT molecular complexity index is 846. The molecule has 2 heterocycles. The summed E-state index contributed by atoms with van der Waals surface area (Å²) in [6.45, 7) is 1.85. The minimum atomic E-state index is -5.87. The maximum atomic E-state index is 13.4. The summed E-state index contributed by atoms with van der Waals surface area (Å²) in [7, 11) is 1.11. The molecule has 0 saturated heterocycles. The first-order chi connectivity index (χ1) is 10.5.